The van der Waals surface area contributed by atoms with E-state index in [9.17, 15) is 9.59 Å². The summed E-state index contributed by atoms with van der Waals surface area (Å²) in [7, 11) is 0. The third-order valence-electron chi connectivity index (χ3n) is 4.39. The van der Waals surface area contributed by atoms with Gasteiger partial charge in [-0.3, -0.25) is 9.59 Å². The van der Waals surface area contributed by atoms with Gasteiger partial charge in [0.25, 0.3) is 5.91 Å². The lowest BCUT2D eigenvalue weighted by atomic mass is 10.0. The highest BCUT2D eigenvalue weighted by Gasteiger charge is 2.38. The molecule has 112 valence electrons. The third kappa shape index (κ3) is 2.93. The van der Waals surface area contributed by atoms with Crippen LogP contribution < -0.4 is 10.6 Å². The first kappa shape index (κ1) is 14.1. The van der Waals surface area contributed by atoms with Gasteiger partial charge in [0.05, 0.1) is 0 Å². The quantitative estimate of drug-likeness (QED) is 0.881. The average Bonchev–Trinajstić information content (AvgIpc) is 3.08. The molecule has 21 heavy (non-hydrogen) atoms. The van der Waals surface area contributed by atoms with Gasteiger partial charge in [-0.25, -0.2) is 0 Å². The lowest BCUT2D eigenvalue weighted by Gasteiger charge is -2.18. The zero-order valence-corrected chi connectivity index (χ0v) is 12.3. The Labute approximate surface area is 124 Å². The maximum atomic E-state index is 12.6. The fourth-order valence-corrected chi connectivity index (χ4v) is 3.18. The fraction of sp³-hybridized carbons (Fsp3) is 0.500. The molecule has 2 fully saturated rings. The van der Waals surface area contributed by atoms with Crippen LogP contribution in [0.15, 0.2) is 24.3 Å². The highest BCUT2D eigenvalue weighted by molar-refractivity contribution is 5.97. The predicted molar refractivity (Wildman–Crippen MR) is 81.1 cm³/mol. The Morgan fingerprint density at radius 3 is 2.67 bits per heavy atom. The lowest BCUT2D eigenvalue weighted by Crippen LogP contribution is -2.31. The van der Waals surface area contributed by atoms with Gasteiger partial charge in [0, 0.05) is 43.9 Å². The number of rotatable bonds is 3. The molecule has 2 aliphatic rings. The van der Waals surface area contributed by atoms with Crippen molar-refractivity contribution in [2.24, 2.45) is 11.8 Å². The smallest absolute Gasteiger partial charge is 0.253 e. The number of benzene rings is 1. The zero-order valence-electron chi connectivity index (χ0n) is 12.3. The minimum Gasteiger partial charge on any atom is -0.338 e. The molecule has 2 saturated heterocycles. The number of hydrogen-bond donors (Lipinski definition) is 2. The van der Waals surface area contributed by atoms with Gasteiger partial charge in [-0.05, 0) is 30.0 Å². The van der Waals surface area contributed by atoms with E-state index in [4.69, 9.17) is 0 Å². The van der Waals surface area contributed by atoms with Crippen LogP contribution in [0.1, 0.15) is 23.7 Å². The van der Waals surface area contributed by atoms with Crippen LogP contribution in [0.4, 0.5) is 5.69 Å². The summed E-state index contributed by atoms with van der Waals surface area (Å²) in [6.07, 6.45) is 0.431. The Hall–Kier alpha value is -1.88. The summed E-state index contributed by atoms with van der Waals surface area (Å²) in [4.78, 5) is 26.0. The van der Waals surface area contributed by atoms with Crippen LogP contribution in [0.5, 0.6) is 0 Å². The molecule has 0 aliphatic carbocycles. The average molecular weight is 287 g/mol. The summed E-state index contributed by atoms with van der Waals surface area (Å²) in [6, 6.07) is 7.21. The van der Waals surface area contributed by atoms with Crippen molar-refractivity contribution in [2.75, 3.05) is 31.5 Å². The maximum absolute atomic E-state index is 12.6. The van der Waals surface area contributed by atoms with Crippen molar-refractivity contribution in [3.05, 3.63) is 29.8 Å². The molecule has 1 aromatic rings. The van der Waals surface area contributed by atoms with E-state index in [2.05, 4.69) is 10.6 Å². The van der Waals surface area contributed by atoms with Gasteiger partial charge in [-0.2, -0.15) is 0 Å². The van der Waals surface area contributed by atoms with E-state index >= 15 is 0 Å². The molecule has 0 unspecified atom stereocenters. The Morgan fingerprint density at radius 2 is 2.00 bits per heavy atom. The SMILES string of the molecule is CCC(=O)Nc1cccc(C(=O)N2C[C@H]3CNC[C@H]3C2)c1. The van der Waals surface area contributed by atoms with Crippen LogP contribution in [0.2, 0.25) is 0 Å². The van der Waals surface area contributed by atoms with E-state index in [0.717, 1.165) is 26.2 Å². The van der Waals surface area contributed by atoms with Gasteiger partial charge in [0.1, 0.15) is 0 Å². The molecule has 3 rings (SSSR count). The second-order valence-electron chi connectivity index (χ2n) is 5.87. The lowest BCUT2D eigenvalue weighted by molar-refractivity contribution is -0.115. The van der Waals surface area contributed by atoms with Crippen molar-refractivity contribution in [1.82, 2.24) is 10.2 Å². The number of anilines is 1. The molecule has 2 heterocycles. The first-order valence-electron chi connectivity index (χ1n) is 7.57. The van der Waals surface area contributed by atoms with Crippen molar-refractivity contribution < 1.29 is 9.59 Å². The maximum Gasteiger partial charge on any atom is 0.253 e. The number of carbonyl (C=O) groups excluding carboxylic acids is 2. The largest absolute Gasteiger partial charge is 0.338 e. The number of amides is 2. The van der Waals surface area contributed by atoms with Crippen molar-refractivity contribution in [1.29, 1.82) is 0 Å². The molecule has 2 N–H and O–H groups in total. The third-order valence-corrected chi connectivity index (χ3v) is 4.39. The number of nitrogens with one attached hydrogen (secondary N) is 2. The zero-order chi connectivity index (χ0) is 14.8. The van der Waals surface area contributed by atoms with Gasteiger partial charge < -0.3 is 15.5 Å². The molecule has 1 aromatic carbocycles. The van der Waals surface area contributed by atoms with E-state index in [1.54, 1.807) is 13.0 Å². The first-order valence-corrected chi connectivity index (χ1v) is 7.57. The molecule has 5 nitrogen and oxygen atoms in total. The summed E-state index contributed by atoms with van der Waals surface area (Å²) in [6.45, 7) is 5.51. The van der Waals surface area contributed by atoms with Gasteiger partial charge in [-0.1, -0.05) is 13.0 Å². The van der Waals surface area contributed by atoms with Crippen molar-refractivity contribution in [3.63, 3.8) is 0 Å². The normalized spacial score (nSPS) is 24.0. The van der Waals surface area contributed by atoms with Crippen LogP contribution >= 0.6 is 0 Å². The number of likely N-dealkylation sites (tertiary alicyclic amines) is 1. The summed E-state index contributed by atoms with van der Waals surface area (Å²) in [5.74, 6) is 1.22. The van der Waals surface area contributed by atoms with E-state index in [1.165, 1.54) is 0 Å². The first-order chi connectivity index (χ1) is 10.2. The minimum absolute atomic E-state index is 0.0404. The monoisotopic (exact) mass is 287 g/mol. The molecule has 0 aromatic heterocycles. The predicted octanol–water partition coefficient (Wildman–Crippen LogP) is 1.33. The van der Waals surface area contributed by atoms with Crippen molar-refractivity contribution in [2.45, 2.75) is 13.3 Å². The number of nitrogens with zero attached hydrogens (tertiary/aromatic N) is 1. The van der Waals surface area contributed by atoms with E-state index in [1.807, 2.05) is 23.1 Å². The Kier molecular flexibility index (Phi) is 3.92. The molecule has 2 amide bonds. The molecule has 0 radical (unpaired) electrons. The molecule has 0 bridgehead atoms. The van der Waals surface area contributed by atoms with E-state index in [0.29, 0.717) is 29.5 Å². The highest BCUT2D eigenvalue weighted by Crippen LogP contribution is 2.27. The van der Waals surface area contributed by atoms with Crippen LogP contribution in [0, 0.1) is 11.8 Å². The van der Waals surface area contributed by atoms with Crippen LogP contribution in [-0.4, -0.2) is 42.9 Å². The molecule has 2 atom stereocenters. The number of fused-ring (bicyclic) bond motifs is 1. The fourth-order valence-electron chi connectivity index (χ4n) is 3.18. The van der Waals surface area contributed by atoms with Gasteiger partial charge in [0.15, 0.2) is 0 Å². The Bertz CT molecular complexity index is 546. The van der Waals surface area contributed by atoms with Crippen LogP contribution in [0.25, 0.3) is 0 Å². The highest BCUT2D eigenvalue weighted by atomic mass is 16.2. The Balaban J connectivity index is 1.70. The van der Waals surface area contributed by atoms with E-state index < -0.39 is 0 Å². The van der Waals surface area contributed by atoms with Crippen LogP contribution in [0.3, 0.4) is 0 Å². The number of hydrogen-bond acceptors (Lipinski definition) is 3. The minimum atomic E-state index is -0.0404. The van der Waals surface area contributed by atoms with Crippen LogP contribution in [-0.2, 0) is 4.79 Å². The second-order valence-corrected chi connectivity index (χ2v) is 5.87. The number of carbonyl (C=O) groups is 2. The standard InChI is InChI=1S/C16H21N3O2/c1-2-15(20)18-14-5-3-4-11(6-14)16(21)19-9-12-7-17-8-13(12)10-19/h3-6,12-13,17H,2,7-10H2,1H3,(H,18,20)/t12-,13+. The molecule has 2 aliphatic heterocycles. The van der Waals surface area contributed by atoms with Gasteiger partial charge >= 0.3 is 0 Å². The van der Waals surface area contributed by atoms with Gasteiger partial charge in [-0.15, -0.1) is 0 Å². The molecule has 0 saturated carbocycles. The Morgan fingerprint density at radius 1 is 1.29 bits per heavy atom. The molecule has 0 spiro atoms. The van der Waals surface area contributed by atoms with Gasteiger partial charge in [0.2, 0.25) is 5.91 Å². The second kappa shape index (κ2) is 5.85. The summed E-state index contributed by atoms with van der Waals surface area (Å²) in [5, 5.41) is 6.17. The topological polar surface area (TPSA) is 61.4 Å². The summed E-state index contributed by atoms with van der Waals surface area (Å²) < 4.78 is 0. The molecule has 5 heteroatoms. The van der Waals surface area contributed by atoms with E-state index in [-0.39, 0.29) is 11.8 Å². The van der Waals surface area contributed by atoms with Crippen molar-refractivity contribution in [3.8, 4) is 0 Å². The van der Waals surface area contributed by atoms with Crippen molar-refractivity contribution >= 4 is 17.5 Å². The molecular weight excluding hydrogens is 266 g/mol. The summed E-state index contributed by atoms with van der Waals surface area (Å²) >= 11 is 0. The summed E-state index contributed by atoms with van der Waals surface area (Å²) in [5.41, 5.74) is 1.34. The molecular formula is C16H21N3O2.